The first-order valence-electron chi connectivity index (χ1n) is 5.72. The molecule has 5 heteroatoms. The molecule has 0 fully saturated rings. The summed E-state index contributed by atoms with van der Waals surface area (Å²) in [7, 11) is 1.31. The largest absolute Gasteiger partial charge is 0.485 e. The average molecular weight is 262 g/mol. The lowest BCUT2D eigenvalue weighted by Crippen LogP contribution is -2.06. The molecule has 0 amide bonds. The monoisotopic (exact) mass is 262 g/mol. The van der Waals surface area contributed by atoms with Gasteiger partial charge in [-0.3, -0.25) is 0 Å². The van der Waals surface area contributed by atoms with Crippen LogP contribution in [0.15, 0.2) is 41.0 Å². The van der Waals surface area contributed by atoms with E-state index in [1.165, 1.54) is 19.4 Å². The summed E-state index contributed by atoms with van der Waals surface area (Å²) in [5.41, 5.74) is 1.01. The summed E-state index contributed by atoms with van der Waals surface area (Å²) >= 11 is 0. The number of aliphatic hydroxyl groups excluding tert-OH is 1. The van der Waals surface area contributed by atoms with E-state index in [1.54, 1.807) is 18.2 Å². The first kappa shape index (κ1) is 13.2. The molecule has 1 aromatic heterocycles. The average Bonchev–Trinajstić information content (AvgIpc) is 2.93. The van der Waals surface area contributed by atoms with Gasteiger partial charge >= 0.3 is 5.97 Å². The second-order valence-electron chi connectivity index (χ2n) is 3.80. The van der Waals surface area contributed by atoms with Crippen LogP contribution in [-0.4, -0.2) is 18.2 Å². The van der Waals surface area contributed by atoms with Gasteiger partial charge in [0.2, 0.25) is 0 Å². The molecule has 2 aromatic rings. The fraction of sp³-hybridized carbons (Fsp3) is 0.214. The van der Waals surface area contributed by atoms with E-state index in [-0.39, 0.29) is 13.2 Å². The molecule has 0 saturated heterocycles. The number of esters is 1. The maximum absolute atomic E-state index is 11.5. The Morgan fingerprint density at radius 2 is 2.11 bits per heavy atom. The predicted molar refractivity (Wildman–Crippen MR) is 66.7 cm³/mol. The molecule has 0 aliphatic carbocycles. The van der Waals surface area contributed by atoms with Crippen molar-refractivity contribution < 1.29 is 23.8 Å². The minimum atomic E-state index is -0.470. The Balaban J connectivity index is 2.11. The van der Waals surface area contributed by atoms with Gasteiger partial charge < -0.3 is 19.0 Å². The number of aliphatic hydroxyl groups is 1. The first-order chi connectivity index (χ1) is 9.26. The summed E-state index contributed by atoms with van der Waals surface area (Å²) in [4.78, 5) is 11.5. The van der Waals surface area contributed by atoms with E-state index in [0.29, 0.717) is 22.6 Å². The molecule has 2 rings (SSSR count). The van der Waals surface area contributed by atoms with Crippen LogP contribution in [0.25, 0.3) is 0 Å². The van der Waals surface area contributed by atoms with Gasteiger partial charge in [-0.05, 0) is 12.1 Å². The van der Waals surface area contributed by atoms with Crippen LogP contribution < -0.4 is 4.74 Å². The van der Waals surface area contributed by atoms with E-state index in [4.69, 9.17) is 9.15 Å². The fourth-order valence-corrected chi connectivity index (χ4v) is 1.66. The number of benzene rings is 1. The Morgan fingerprint density at radius 1 is 1.32 bits per heavy atom. The van der Waals surface area contributed by atoms with E-state index in [0.717, 1.165) is 0 Å². The standard InChI is InChI=1S/C14H14O5/c1-17-14(16)11-6-7-18-13(11)9-19-12-5-3-2-4-10(12)8-15/h2-7,15H,8-9H2,1H3. The molecule has 1 aromatic carbocycles. The predicted octanol–water partition coefficient (Wildman–Crippen LogP) is 2.14. The molecular formula is C14H14O5. The molecule has 0 aliphatic rings. The van der Waals surface area contributed by atoms with Crippen molar-refractivity contribution in [2.75, 3.05) is 7.11 Å². The molecular weight excluding hydrogens is 248 g/mol. The third-order valence-electron chi connectivity index (χ3n) is 2.65. The Labute approximate surface area is 110 Å². The molecule has 0 aliphatic heterocycles. The van der Waals surface area contributed by atoms with Crippen molar-refractivity contribution in [3.63, 3.8) is 0 Å². The van der Waals surface area contributed by atoms with Crippen LogP contribution in [0.5, 0.6) is 5.75 Å². The smallest absolute Gasteiger partial charge is 0.341 e. The lowest BCUT2D eigenvalue weighted by molar-refractivity contribution is 0.0595. The second kappa shape index (κ2) is 6.06. The van der Waals surface area contributed by atoms with Crippen LogP contribution >= 0.6 is 0 Å². The van der Waals surface area contributed by atoms with Gasteiger partial charge in [-0.15, -0.1) is 0 Å². The number of rotatable bonds is 5. The Morgan fingerprint density at radius 3 is 2.84 bits per heavy atom. The second-order valence-corrected chi connectivity index (χ2v) is 3.80. The highest BCUT2D eigenvalue weighted by molar-refractivity contribution is 5.90. The van der Waals surface area contributed by atoms with Gasteiger partial charge in [-0.1, -0.05) is 18.2 Å². The van der Waals surface area contributed by atoms with Crippen molar-refractivity contribution in [1.29, 1.82) is 0 Å². The lowest BCUT2D eigenvalue weighted by atomic mass is 10.2. The summed E-state index contributed by atoms with van der Waals surface area (Å²) in [6.45, 7) is -0.0212. The van der Waals surface area contributed by atoms with Crippen LogP contribution in [0.1, 0.15) is 21.7 Å². The number of carbonyl (C=O) groups excluding carboxylic acids is 1. The number of hydrogen-bond acceptors (Lipinski definition) is 5. The number of carbonyl (C=O) groups is 1. The van der Waals surface area contributed by atoms with Crippen molar-refractivity contribution >= 4 is 5.97 Å². The maximum Gasteiger partial charge on any atom is 0.341 e. The highest BCUT2D eigenvalue weighted by Gasteiger charge is 2.15. The minimum Gasteiger partial charge on any atom is -0.485 e. The Bertz CT molecular complexity index is 558. The summed E-state index contributed by atoms with van der Waals surface area (Å²) < 4.78 is 15.4. The Hall–Kier alpha value is -2.27. The number of hydrogen-bond donors (Lipinski definition) is 1. The van der Waals surface area contributed by atoms with Crippen molar-refractivity contribution in [3.8, 4) is 5.75 Å². The lowest BCUT2D eigenvalue weighted by Gasteiger charge is -2.09. The molecule has 0 radical (unpaired) electrons. The third-order valence-corrected chi connectivity index (χ3v) is 2.65. The highest BCUT2D eigenvalue weighted by atomic mass is 16.5. The normalized spacial score (nSPS) is 10.2. The maximum atomic E-state index is 11.5. The van der Waals surface area contributed by atoms with Crippen LogP contribution in [0, 0.1) is 0 Å². The molecule has 5 nitrogen and oxygen atoms in total. The molecule has 0 saturated carbocycles. The van der Waals surface area contributed by atoms with Crippen molar-refractivity contribution in [3.05, 3.63) is 53.5 Å². The number of para-hydroxylation sites is 1. The zero-order valence-electron chi connectivity index (χ0n) is 10.5. The zero-order chi connectivity index (χ0) is 13.7. The zero-order valence-corrected chi connectivity index (χ0v) is 10.5. The summed E-state index contributed by atoms with van der Waals surface area (Å²) in [5, 5.41) is 9.18. The summed E-state index contributed by atoms with van der Waals surface area (Å²) in [6.07, 6.45) is 1.41. The third kappa shape index (κ3) is 2.95. The van der Waals surface area contributed by atoms with Crippen LogP contribution in [0.4, 0.5) is 0 Å². The molecule has 19 heavy (non-hydrogen) atoms. The topological polar surface area (TPSA) is 68.9 Å². The molecule has 0 unspecified atom stereocenters. The molecule has 0 bridgehead atoms. The van der Waals surface area contributed by atoms with E-state index in [2.05, 4.69) is 4.74 Å². The molecule has 1 heterocycles. The van der Waals surface area contributed by atoms with Gasteiger partial charge in [0.25, 0.3) is 0 Å². The summed E-state index contributed by atoms with van der Waals surface area (Å²) in [5.74, 6) is 0.472. The molecule has 0 spiro atoms. The van der Waals surface area contributed by atoms with E-state index >= 15 is 0 Å². The highest BCUT2D eigenvalue weighted by Crippen LogP contribution is 2.20. The summed E-state index contributed by atoms with van der Waals surface area (Å²) in [6, 6.07) is 8.65. The fourth-order valence-electron chi connectivity index (χ4n) is 1.66. The quantitative estimate of drug-likeness (QED) is 0.836. The number of methoxy groups -OCH3 is 1. The SMILES string of the molecule is COC(=O)c1ccoc1COc1ccccc1CO. The van der Waals surface area contributed by atoms with Crippen LogP contribution in [-0.2, 0) is 18.0 Å². The van der Waals surface area contributed by atoms with Crippen molar-refractivity contribution in [1.82, 2.24) is 0 Å². The first-order valence-corrected chi connectivity index (χ1v) is 5.72. The van der Waals surface area contributed by atoms with Crippen LogP contribution in [0.3, 0.4) is 0 Å². The van der Waals surface area contributed by atoms with Crippen LogP contribution in [0.2, 0.25) is 0 Å². The van der Waals surface area contributed by atoms with Gasteiger partial charge in [0.15, 0.2) is 5.76 Å². The molecule has 1 N–H and O–H groups in total. The van der Waals surface area contributed by atoms with Crippen molar-refractivity contribution in [2.45, 2.75) is 13.2 Å². The van der Waals surface area contributed by atoms with E-state index < -0.39 is 5.97 Å². The minimum absolute atomic E-state index is 0.0917. The van der Waals surface area contributed by atoms with Gasteiger partial charge in [0, 0.05) is 5.56 Å². The molecule has 0 atom stereocenters. The van der Waals surface area contributed by atoms with E-state index in [9.17, 15) is 9.90 Å². The van der Waals surface area contributed by atoms with E-state index in [1.807, 2.05) is 6.07 Å². The van der Waals surface area contributed by atoms with Gasteiger partial charge in [0.1, 0.15) is 17.9 Å². The number of ether oxygens (including phenoxy) is 2. The number of furan rings is 1. The Kier molecular flexibility index (Phi) is 4.20. The van der Waals surface area contributed by atoms with Crippen molar-refractivity contribution in [2.24, 2.45) is 0 Å². The van der Waals surface area contributed by atoms with Gasteiger partial charge in [-0.25, -0.2) is 4.79 Å². The van der Waals surface area contributed by atoms with Gasteiger partial charge in [0.05, 0.1) is 20.0 Å². The molecule has 100 valence electrons. The van der Waals surface area contributed by atoms with Gasteiger partial charge in [-0.2, -0.15) is 0 Å².